The Kier molecular flexibility index (Phi) is 7.12. The van der Waals surface area contributed by atoms with Crippen molar-refractivity contribution in [2.45, 2.75) is 70.8 Å². The van der Waals surface area contributed by atoms with E-state index < -0.39 is 0 Å². The third-order valence-corrected chi connectivity index (χ3v) is 6.44. The fraction of sp³-hybridized carbons (Fsp3) is 0.810. The van der Waals surface area contributed by atoms with Gasteiger partial charge in [0.05, 0.1) is 0 Å². The molecule has 2 aliphatic heterocycles. The van der Waals surface area contributed by atoms with Crippen LogP contribution in [-0.2, 0) is 9.59 Å². The second-order valence-corrected chi connectivity index (χ2v) is 8.12. The number of hydrogen-bond acceptors (Lipinski definition) is 3. The van der Waals surface area contributed by atoms with Crippen LogP contribution in [0, 0.1) is 5.92 Å². The van der Waals surface area contributed by atoms with Crippen LogP contribution in [0.5, 0.6) is 0 Å². The van der Waals surface area contributed by atoms with Gasteiger partial charge < -0.3 is 10.2 Å². The van der Waals surface area contributed by atoms with E-state index in [0.717, 1.165) is 70.3 Å². The molecule has 1 atom stereocenters. The van der Waals surface area contributed by atoms with E-state index in [2.05, 4.69) is 23.2 Å². The molecule has 2 heterocycles. The van der Waals surface area contributed by atoms with Crippen molar-refractivity contribution in [1.82, 2.24) is 15.1 Å². The van der Waals surface area contributed by atoms with Gasteiger partial charge in [-0.05, 0) is 70.4 Å². The molecule has 5 nitrogen and oxygen atoms in total. The monoisotopic (exact) mass is 361 g/mol. The summed E-state index contributed by atoms with van der Waals surface area (Å²) in [5.74, 6) is 1.04. The first-order chi connectivity index (χ1) is 12.7. The van der Waals surface area contributed by atoms with E-state index in [4.69, 9.17) is 0 Å². The molecular formula is C21H35N3O2. The van der Waals surface area contributed by atoms with Crippen molar-refractivity contribution in [1.29, 1.82) is 0 Å². The fourth-order valence-corrected chi connectivity index (χ4v) is 4.69. The standard InChI is InChI=1S/C21H35N3O2/c1-2-23-13-5-8-19(23)16-22-20(25)10-9-17-11-14-24(15-12-17)21(26)18-6-3-4-7-18/h6,17,19H,2-5,7-16H2,1H3,(H,22,25). The summed E-state index contributed by atoms with van der Waals surface area (Å²) in [7, 11) is 0. The summed E-state index contributed by atoms with van der Waals surface area (Å²) in [5, 5.41) is 3.14. The molecule has 2 fully saturated rings. The maximum atomic E-state index is 12.4. The lowest BCUT2D eigenvalue weighted by molar-refractivity contribution is -0.129. The minimum absolute atomic E-state index is 0.197. The molecule has 5 heteroatoms. The number of allylic oxidation sites excluding steroid dienone is 1. The molecule has 0 aromatic carbocycles. The second-order valence-electron chi connectivity index (χ2n) is 8.12. The van der Waals surface area contributed by atoms with E-state index in [9.17, 15) is 9.59 Å². The summed E-state index contributed by atoms with van der Waals surface area (Å²) in [6.07, 6.45) is 11.4. The molecule has 1 N–H and O–H groups in total. The van der Waals surface area contributed by atoms with Crippen LogP contribution < -0.4 is 5.32 Å². The SMILES string of the molecule is CCN1CCCC1CNC(=O)CCC1CCN(C(=O)C2=CCCC2)CC1. The first-order valence-electron chi connectivity index (χ1n) is 10.7. The average molecular weight is 362 g/mol. The number of nitrogens with one attached hydrogen (secondary N) is 1. The Hall–Kier alpha value is -1.36. The van der Waals surface area contributed by atoms with Crippen molar-refractivity contribution in [2.24, 2.45) is 5.92 Å². The van der Waals surface area contributed by atoms with Crippen LogP contribution in [0.2, 0.25) is 0 Å². The molecule has 2 amide bonds. The van der Waals surface area contributed by atoms with Crippen LogP contribution in [0.1, 0.15) is 64.7 Å². The third-order valence-electron chi connectivity index (χ3n) is 6.44. The molecule has 3 rings (SSSR count). The third kappa shape index (κ3) is 5.09. The van der Waals surface area contributed by atoms with E-state index in [0.29, 0.717) is 18.4 Å². The van der Waals surface area contributed by atoms with Crippen LogP contribution in [-0.4, -0.2) is 60.4 Å². The summed E-state index contributed by atoms with van der Waals surface area (Å²) in [6, 6.07) is 0.531. The molecule has 2 saturated heterocycles. The summed E-state index contributed by atoms with van der Waals surface area (Å²) < 4.78 is 0. The maximum Gasteiger partial charge on any atom is 0.249 e. The molecule has 0 spiro atoms. The molecule has 1 unspecified atom stereocenters. The quantitative estimate of drug-likeness (QED) is 0.758. The number of rotatable bonds is 7. The summed E-state index contributed by atoms with van der Waals surface area (Å²) in [6.45, 7) is 6.96. The Labute approximate surface area is 158 Å². The van der Waals surface area contributed by atoms with Crippen LogP contribution in [0.15, 0.2) is 11.6 Å². The van der Waals surface area contributed by atoms with Crippen molar-refractivity contribution in [3.63, 3.8) is 0 Å². The van der Waals surface area contributed by atoms with Crippen molar-refractivity contribution < 1.29 is 9.59 Å². The van der Waals surface area contributed by atoms with Gasteiger partial charge in [-0.2, -0.15) is 0 Å². The predicted octanol–water partition coefficient (Wildman–Crippen LogP) is 2.72. The zero-order valence-electron chi connectivity index (χ0n) is 16.3. The van der Waals surface area contributed by atoms with Gasteiger partial charge in [-0.25, -0.2) is 0 Å². The largest absolute Gasteiger partial charge is 0.355 e. The second kappa shape index (κ2) is 9.54. The molecule has 3 aliphatic rings. The molecule has 0 saturated carbocycles. The highest BCUT2D eigenvalue weighted by Gasteiger charge is 2.26. The highest BCUT2D eigenvalue weighted by atomic mass is 16.2. The van der Waals surface area contributed by atoms with Gasteiger partial charge in [0.2, 0.25) is 11.8 Å². The van der Waals surface area contributed by atoms with Crippen LogP contribution in [0.25, 0.3) is 0 Å². The van der Waals surface area contributed by atoms with Crippen molar-refractivity contribution >= 4 is 11.8 Å². The Morgan fingerprint density at radius 2 is 1.96 bits per heavy atom. The number of amides is 2. The highest BCUT2D eigenvalue weighted by Crippen LogP contribution is 2.26. The smallest absolute Gasteiger partial charge is 0.249 e. The van der Waals surface area contributed by atoms with Gasteiger partial charge in [0.25, 0.3) is 0 Å². The molecule has 26 heavy (non-hydrogen) atoms. The Bertz CT molecular complexity index is 523. The molecule has 0 aromatic rings. The van der Waals surface area contributed by atoms with Crippen molar-refractivity contribution in [3.8, 4) is 0 Å². The number of hydrogen-bond donors (Lipinski definition) is 1. The van der Waals surface area contributed by atoms with Crippen LogP contribution in [0.3, 0.4) is 0 Å². The number of piperidine rings is 1. The zero-order chi connectivity index (χ0) is 18.4. The van der Waals surface area contributed by atoms with Gasteiger partial charge >= 0.3 is 0 Å². The van der Waals surface area contributed by atoms with E-state index in [1.54, 1.807) is 0 Å². The highest BCUT2D eigenvalue weighted by molar-refractivity contribution is 5.93. The first-order valence-corrected chi connectivity index (χ1v) is 10.7. The van der Waals surface area contributed by atoms with Crippen LogP contribution >= 0.6 is 0 Å². The molecular weight excluding hydrogens is 326 g/mol. The first kappa shape index (κ1) is 19.4. The van der Waals surface area contributed by atoms with E-state index in [1.807, 2.05) is 4.90 Å². The Morgan fingerprint density at radius 1 is 1.15 bits per heavy atom. The van der Waals surface area contributed by atoms with Crippen molar-refractivity contribution in [2.75, 3.05) is 32.7 Å². The minimum Gasteiger partial charge on any atom is -0.355 e. The van der Waals surface area contributed by atoms with Gasteiger partial charge in [0.1, 0.15) is 0 Å². The van der Waals surface area contributed by atoms with Gasteiger partial charge in [0.15, 0.2) is 0 Å². The van der Waals surface area contributed by atoms with Gasteiger partial charge in [-0.15, -0.1) is 0 Å². The van der Waals surface area contributed by atoms with Gasteiger partial charge in [0, 0.05) is 37.7 Å². The predicted molar refractivity (Wildman–Crippen MR) is 104 cm³/mol. The van der Waals surface area contributed by atoms with Crippen molar-refractivity contribution in [3.05, 3.63) is 11.6 Å². The van der Waals surface area contributed by atoms with Gasteiger partial charge in [-0.3, -0.25) is 14.5 Å². The molecule has 0 radical (unpaired) electrons. The minimum atomic E-state index is 0.197. The number of carbonyl (C=O) groups is 2. The zero-order valence-corrected chi connectivity index (χ0v) is 16.3. The summed E-state index contributed by atoms with van der Waals surface area (Å²) in [4.78, 5) is 29.1. The number of nitrogens with zero attached hydrogens (tertiary/aromatic N) is 2. The van der Waals surface area contributed by atoms with E-state index in [-0.39, 0.29) is 11.8 Å². The Balaban J connectivity index is 1.31. The van der Waals surface area contributed by atoms with E-state index in [1.165, 1.54) is 19.4 Å². The molecule has 1 aliphatic carbocycles. The normalized spacial score (nSPS) is 24.7. The molecule has 0 bridgehead atoms. The topological polar surface area (TPSA) is 52.7 Å². The maximum absolute atomic E-state index is 12.4. The van der Waals surface area contributed by atoms with E-state index >= 15 is 0 Å². The van der Waals surface area contributed by atoms with Gasteiger partial charge in [-0.1, -0.05) is 13.0 Å². The summed E-state index contributed by atoms with van der Waals surface area (Å²) in [5.41, 5.74) is 1.02. The average Bonchev–Trinajstić information content (AvgIpc) is 3.36. The fourth-order valence-electron chi connectivity index (χ4n) is 4.69. The van der Waals surface area contributed by atoms with Crippen LogP contribution in [0.4, 0.5) is 0 Å². The number of likely N-dealkylation sites (tertiary alicyclic amines) is 2. The lowest BCUT2D eigenvalue weighted by Crippen LogP contribution is -2.40. The lowest BCUT2D eigenvalue weighted by atomic mass is 9.91. The number of carbonyl (C=O) groups excluding carboxylic acids is 2. The molecule has 0 aromatic heterocycles. The number of likely N-dealkylation sites (N-methyl/N-ethyl adjacent to an activating group) is 1. The Morgan fingerprint density at radius 3 is 2.65 bits per heavy atom. The lowest BCUT2D eigenvalue weighted by Gasteiger charge is -2.32. The summed E-state index contributed by atoms with van der Waals surface area (Å²) >= 11 is 0. The molecule has 146 valence electrons.